The number of likely N-dealkylation sites (N-methyl/N-ethyl adjacent to an activating group) is 1. The number of hydrogen-bond acceptors (Lipinski definition) is 8. The standard InChI is InChI=1S/C38H48N6O4S2/c1-26(2)34(42-37(46)43(5)22-31-24-49-36(41-31)27(3)4)35(45)40-30(19-28-13-9-7-10-14-28)17-18-32(20-29-15-11-8-12-16-29)44(6)38(47)48-23-33-21-39-25-50-33/h7-16,21,24-25,27,30,32,34H,1,17-20,22-23H2,2-6H3,(H,40,45)(H,42,46)/t30-,32-,34+/m1/s1. The number of urea groups is 1. The number of benzene rings is 2. The van der Waals surface area contributed by atoms with Crippen LogP contribution < -0.4 is 10.6 Å². The lowest BCUT2D eigenvalue weighted by Crippen LogP contribution is -2.53. The highest BCUT2D eigenvalue weighted by atomic mass is 32.1. The van der Waals surface area contributed by atoms with Crippen molar-refractivity contribution in [3.8, 4) is 0 Å². The number of carbonyl (C=O) groups is 3. The second-order valence-corrected chi connectivity index (χ2v) is 14.7. The number of nitrogens with zero attached hydrogens (tertiary/aromatic N) is 4. The van der Waals surface area contributed by atoms with Gasteiger partial charge in [-0.2, -0.15) is 0 Å². The maximum absolute atomic E-state index is 13.9. The van der Waals surface area contributed by atoms with Gasteiger partial charge < -0.3 is 25.2 Å². The van der Waals surface area contributed by atoms with E-state index in [9.17, 15) is 14.4 Å². The van der Waals surface area contributed by atoms with Crippen LogP contribution >= 0.6 is 22.7 Å². The van der Waals surface area contributed by atoms with E-state index < -0.39 is 18.2 Å². The summed E-state index contributed by atoms with van der Waals surface area (Å²) in [6, 6.07) is 18.2. The lowest BCUT2D eigenvalue weighted by Gasteiger charge is -2.30. The smallest absolute Gasteiger partial charge is 0.410 e. The number of nitrogens with one attached hydrogen (secondary N) is 2. The Morgan fingerprint density at radius 3 is 2.16 bits per heavy atom. The molecule has 3 atom stereocenters. The maximum atomic E-state index is 13.9. The average Bonchev–Trinajstić information content (AvgIpc) is 3.81. The van der Waals surface area contributed by atoms with E-state index in [4.69, 9.17) is 4.74 Å². The predicted molar refractivity (Wildman–Crippen MR) is 200 cm³/mol. The van der Waals surface area contributed by atoms with Crippen LogP contribution in [0.1, 0.15) is 66.2 Å². The van der Waals surface area contributed by atoms with Crippen LogP contribution in [0.5, 0.6) is 0 Å². The normalized spacial score (nSPS) is 12.8. The van der Waals surface area contributed by atoms with E-state index in [1.54, 1.807) is 49.0 Å². The number of aromatic nitrogens is 2. The largest absolute Gasteiger partial charge is 0.444 e. The van der Waals surface area contributed by atoms with Crippen LogP contribution in [-0.2, 0) is 35.5 Å². The molecule has 0 aliphatic heterocycles. The molecule has 2 aromatic carbocycles. The van der Waals surface area contributed by atoms with Gasteiger partial charge in [-0.05, 0) is 49.3 Å². The van der Waals surface area contributed by atoms with Crippen LogP contribution in [0.4, 0.5) is 9.59 Å². The molecule has 0 aliphatic rings. The van der Waals surface area contributed by atoms with Crippen LogP contribution in [0.15, 0.2) is 89.9 Å². The van der Waals surface area contributed by atoms with Crippen molar-refractivity contribution in [2.75, 3.05) is 14.1 Å². The fourth-order valence-electron chi connectivity index (χ4n) is 5.44. The van der Waals surface area contributed by atoms with Gasteiger partial charge in [-0.25, -0.2) is 14.6 Å². The zero-order valence-corrected chi connectivity index (χ0v) is 31.1. The Morgan fingerprint density at radius 2 is 1.58 bits per heavy atom. The molecule has 2 N–H and O–H groups in total. The molecule has 0 aliphatic carbocycles. The molecular weight excluding hydrogens is 669 g/mol. The van der Waals surface area contributed by atoms with Gasteiger partial charge in [-0.15, -0.1) is 22.7 Å². The molecule has 2 heterocycles. The Bertz CT molecular complexity index is 1660. The zero-order valence-electron chi connectivity index (χ0n) is 29.5. The SMILES string of the molecule is C=C(C)[C@H](NC(=O)N(C)Cc1csc(C(C)C)n1)C(=O)N[C@H](CC[C@H](Cc1ccccc1)N(C)C(=O)OCc1cncs1)Cc1ccccc1. The van der Waals surface area contributed by atoms with E-state index in [1.807, 2.05) is 66.0 Å². The molecule has 0 bridgehead atoms. The monoisotopic (exact) mass is 716 g/mol. The summed E-state index contributed by atoms with van der Waals surface area (Å²) >= 11 is 3.01. The fraction of sp³-hybridized carbons (Fsp3) is 0.395. The molecular formula is C38H48N6O4S2. The summed E-state index contributed by atoms with van der Waals surface area (Å²) in [6.45, 7) is 10.4. The molecule has 12 heteroatoms. The molecule has 50 heavy (non-hydrogen) atoms. The topological polar surface area (TPSA) is 117 Å². The molecule has 0 saturated heterocycles. The van der Waals surface area contributed by atoms with Crippen LogP contribution in [0, 0.1) is 0 Å². The van der Waals surface area contributed by atoms with E-state index in [0.29, 0.717) is 43.7 Å². The third-order valence-corrected chi connectivity index (χ3v) is 10.3. The summed E-state index contributed by atoms with van der Waals surface area (Å²) in [5.74, 6) is -0.0295. The summed E-state index contributed by atoms with van der Waals surface area (Å²) in [7, 11) is 3.44. The summed E-state index contributed by atoms with van der Waals surface area (Å²) in [4.78, 5) is 53.0. The molecule has 0 unspecified atom stereocenters. The average molecular weight is 717 g/mol. The lowest BCUT2D eigenvalue weighted by molar-refractivity contribution is -0.122. The molecule has 0 saturated carbocycles. The van der Waals surface area contributed by atoms with Crippen LogP contribution in [0.2, 0.25) is 0 Å². The van der Waals surface area contributed by atoms with Gasteiger partial charge in [-0.1, -0.05) is 81.1 Å². The van der Waals surface area contributed by atoms with Crippen molar-refractivity contribution in [1.82, 2.24) is 30.4 Å². The molecule has 4 aromatic rings. The molecule has 2 aromatic heterocycles. The first-order valence-electron chi connectivity index (χ1n) is 16.8. The minimum absolute atomic E-state index is 0.157. The Balaban J connectivity index is 1.46. The second kappa shape index (κ2) is 19.0. The molecule has 4 rings (SSSR count). The van der Waals surface area contributed by atoms with Crippen LogP contribution in [0.3, 0.4) is 0 Å². The number of hydrogen-bond donors (Lipinski definition) is 2. The van der Waals surface area contributed by atoms with E-state index in [0.717, 1.165) is 26.7 Å². The highest BCUT2D eigenvalue weighted by Gasteiger charge is 2.28. The van der Waals surface area contributed by atoms with Crippen molar-refractivity contribution in [3.05, 3.63) is 117 Å². The van der Waals surface area contributed by atoms with Gasteiger partial charge in [0.1, 0.15) is 12.6 Å². The molecule has 0 fully saturated rings. The Morgan fingerprint density at radius 1 is 0.920 bits per heavy atom. The first-order chi connectivity index (χ1) is 24.0. The van der Waals surface area contributed by atoms with Crippen molar-refractivity contribution >= 4 is 40.7 Å². The van der Waals surface area contributed by atoms with Gasteiger partial charge in [0.2, 0.25) is 5.91 Å². The highest BCUT2D eigenvalue weighted by Crippen LogP contribution is 2.21. The van der Waals surface area contributed by atoms with E-state index in [-0.39, 0.29) is 24.6 Å². The number of ether oxygens (including phenoxy) is 1. The van der Waals surface area contributed by atoms with Crippen molar-refractivity contribution < 1.29 is 19.1 Å². The molecule has 10 nitrogen and oxygen atoms in total. The summed E-state index contributed by atoms with van der Waals surface area (Å²) in [5.41, 5.74) is 5.19. The summed E-state index contributed by atoms with van der Waals surface area (Å²) in [5, 5.41) is 9.05. The quantitative estimate of drug-likeness (QED) is 0.112. The Hall–Kier alpha value is -4.55. The Labute approximate surface area is 303 Å². The predicted octanol–water partition coefficient (Wildman–Crippen LogP) is 7.20. The van der Waals surface area contributed by atoms with Crippen molar-refractivity contribution in [1.29, 1.82) is 0 Å². The van der Waals surface area contributed by atoms with E-state index in [1.165, 1.54) is 16.2 Å². The lowest BCUT2D eigenvalue weighted by atomic mass is 9.95. The third-order valence-electron chi connectivity index (χ3n) is 8.32. The Kier molecular flexibility index (Phi) is 14.5. The third kappa shape index (κ3) is 11.8. The van der Waals surface area contributed by atoms with Gasteiger partial charge in [-0.3, -0.25) is 9.78 Å². The van der Waals surface area contributed by atoms with Crippen molar-refractivity contribution in [3.63, 3.8) is 0 Å². The highest BCUT2D eigenvalue weighted by molar-refractivity contribution is 7.09. The van der Waals surface area contributed by atoms with Gasteiger partial charge in [0.25, 0.3) is 0 Å². The van der Waals surface area contributed by atoms with Gasteiger partial charge in [0, 0.05) is 43.7 Å². The first-order valence-corrected chi connectivity index (χ1v) is 18.5. The van der Waals surface area contributed by atoms with E-state index in [2.05, 4.69) is 41.0 Å². The second-order valence-electron chi connectivity index (χ2n) is 12.9. The van der Waals surface area contributed by atoms with Gasteiger partial charge in [0.15, 0.2) is 0 Å². The van der Waals surface area contributed by atoms with Crippen molar-refractivity contribution in [2.24, 2.45) is 0 Å². The summed E-state index contributed by atoms with van der Waals surface area (Å²) < 4.78 is 5.63. The van der Waals surface area contributed by atoms with Gasteiger partial charge >= 0.3 is 12.1 Å². The maximum Gasteiger partial charge on any atom is 0.410 e. The zero-order chi connectivity index (χ0) is 36.0. The van der Waals surface area contributed by atoms with Gasteiger partial charge in [0.05, 0.1) is 27.6 Å². The minimum atomic E-state index is -0.936. The fourth-order valence-corrected chi connectivity index (χ4v) is 6.77. The van der Waals surface area contributed by atoms with Crippen molar-refractivity contribution in [2.45, 2.75) is 83.6 Å². The molecule has 266 valence electrons. The summed E-state index contributed by atoms with van der Waals surface area (Å²) in [6.07, 6.45) is 3.63. The van der Waals surface area contributed by atoms with E-state index >= 15 is 0 Å². The molecule has 0 spiro atoms. The van der Waals surface area contributed by atoms with Crippen LogP contribution in [0.25, 0.3) is 0 Å². The van der Waals surface area contributed by atoms with Crippen LogP contribution in [-0.4, -0.2) is 70.0 Å². The number of thiazole rings is 2. The number of carbonyl (C=O) groups excluding carboxylic acids is 3. The first kappa shape index (κ1) is 38.3. The molecule has 0 radical (unpaired) electrons. The number of amides is 4. The minimum Gasteiger partial charge on any atom is -0.444 e. The molecule has 4 amide bonds. The number of rotatable bonds is 17.